The summed E-state index contributed by atoms with van der Waals surface area (Å²) in [6.07, 6.45) is 0.905. The monoisotopic (exact) mass is 324 g/mol. The first-order valence-corrected chi connectivity index (χ1v) is 7.53. The zero-order valence-electron chi connectivity index (χ0n) is 13.4. The highest BCUT2D eigenvalue weighted by atomic mass is 16.7. The topological polar surface area (TPSA) is 88.4 Å². The van der Waals surface area contributed by atoms with Crippen LogP contribution < -0.4 is 0 Å². The number of ether oxygens (including phenoxy) is 3. The highest BCUT2D eigenvalue weighted by Crippen LogP contribution is 2.34. The van der Waals surface area contributed by atoms with Gasteiger partial charge in [-0.05, 0) is 25.5 Å². The van der Waals surface area contributed by atoms with Crippen LogP contribution in [0.4, 0.5) is 0 Å². The molecule has 1 aromatic rings. The predicted octanol–water partition coefficient (Wildman–Crippen LogP) is 1.52. The van der Waals surface area contributed by atoms with Gasteiger partial charge in [-0.25, -0.2) is 0 Å². The van der Waals surface area contributed by atoms with E-state index in [0.29, 0.717) is 6.61 Å². The Balaban J connectivity index is 2.17. The van der Waals surface area contributed by atoms with Crippen molar-refractivity contribution in [2.24, 2.45) is 0 Å². The molecule has 6 heteroatoms. The summed E-state index contributed by atoms with van der Waals surface area (Å²) in [5.41, 5.74) is -0.249. The van der Waals surface area contributed by atoms with E-state index in [1.54, 1.807) is 0 Å². The Bertz CT molecular complexity index is 510. The fourth-order valence-electron chi connectivity index (χ4n) is 2.65. The van der Waals surface area contributed by atoms with Crippen LogP contribution in [0.15, 0.2) is 42.7 Å². The third kappa shape index (κ3) is 4.53. The first-order chi connectivity index (χ1) is 10.9. The van der Waals surface area contributed by atoms with Crippen molar-refractivity contribution in [1.82, 2.24) is 0 Å². The van der Waals surface area contributed by atoms with Crippen LogP contribution in [0.3, 0.4) is 0 Å². The van der Waals surface area contributed by atoms with Gasteiger partial charge in [0.25, 0.3) is 0 Å². The van der Waals surface area contributed by atoms with E-state index in [1.165, 1.54) is 19.9 Å². The minimum absolute atomic E-state index is 0.133. The zero-order chi connectivity index (χ0) is 16.9. The molecule has 0 aliphatic carbocycles. The summed E-state index contributed by atoms with van der Waals surface area (Å²) < 4.78 is 17.1. The Morgan fingerprint density at radius 3 is 2.61 bits per heavy atom. The molecule has 23 heavy (non-hydrogen) atoms. The maximum absolute atomic E-state index is 9.89. The maximum atomic E-state index is 9.89. The molecule has 0 unspecified atom stereocenters. The number of rotatable bonds is 7. The molecular weight excluding hydrogens is 300 g/mol. The summed E-state index contributed by atoms with van der Waals surface area (Å²) in [4.78, 5) is 0. The van der Waals surface area contributed by atoms with Gasteiger partial charge < -0.3 is 29.5 Å². The van der Waals surface area contributed by atoms with Crippen molar-refractivity contribution in [3.05, 3.63) is 48.2 Å². The van der Waals surface area contributed by atoms with Gasteiger partial charge in [-0.15, -0.1) is 0 Å². The number of benzene rings is 1. The van der Waals surface area contributed by atoms with Gasteiger partial charge in [-0.2, -0.15) is 0 Å². The molecule has 3 atom stereocenters. The van der Waals surface area contributed by atoms with Crippen LogP contribution in [-0.4, -0.2) is 52.1 Å². The van der Waals surface area contributed by atoms with Crippen molar-refractivity contribution in [1.29, 1.82) is 0 Å². The van der Waals surface area contributed by atoms with Crippen molar-refractivity contribution in [2.75, 3.05) is 13.2 Å². The van der Waals surface area contributed by atoms with Gasteiger partial charge in [-0.1, -0.05) is 30.3 Å². The molecule has 3 N–H and O–H groups in total. The summed E-state index contributed by atoms with van der Waals surface area (Å²) in [5, 5.41) is 28.8. The average molecular weight is 324 g/mol. The van der Waals surface area contributed by atoms with Crippen molar-refractivity contribution in [3.63, 3.8) is 0 Å². The second kappa shape index (κ2) is 7.42. The summed E-state index contributed by atoms with van der Waals surface area (Å²) >= 11 is 0. The van der Waals surface area contributed by atoms with Crippen molar-refractivity contribution in [2.45, 2.75) is 44.1 Å². The van der Waals surface area contributed by atoms with Crippen molar-refractivity contribution in [3.8, 4) is 0 Å². The first kappa shape index (κ1) is 17.9. The molecule has 0 aromatic heterocycles. The maximum Gasteiger partial charge on any atom is 0.160 e. The van der Waals surface area contributed by atoms with E-state index in [4.69, 9.17) is 19.3 Å². The minimum Gasteiger partial charge on any atom is -0.516 e. The Labute approximate surface area is 135 Å². The zero-order valence-corrected chi connectivity index (χ0v) is 13.4. The number of hydrogen-bond donors (Lipinski definition) is 3. The Kier molecular flexibility index (Phi) is 5.78. The van der Waals surface area contributed by atoms with Crippen molar-refractivity contribution < 1.29 is 29.5 Å². The fraction of sp³-hybridized carbons (Fsp3) is 0.529. The molecule has 1 heterocycles. The quantitative estimate of drug-likeness (QED) is 0.520. The van der Waals surface area contributed by atoms with Gasteiger partial charge in [0.15, 0.2) is 5.79 Å². The molecule has 6 nitrogen and oxygen atoms in total. The third-order valence-electron chi connectivity index (χ3n) is 3.65. The van der Waals surface area contributed by atoms with E-state index in [0.717, 1.165) is 11.8 Å². The summed E-state index contributed by atoms with van der Waals surface area (Å²) in [6, 6.07) is 9.56. The van der Waals surface area contributed by atoms with E-state index in [9.17, 15) is 10.2 Å². The standard InChI is InChI=1S/C17H24O6/c1-16(2,20)23-14-11-22-17(12-19,8-9-18)15(14)21-10-13-6-4-3-5-7-13/h3-9,14-15,18-20H,10-12H2,1-2H3/b9-8+/t14-,15-,17+/m0/s1. The molecule has 1 saturated heterocycles. The Hall–Kier alpha value is -1.44. The largest absolute Gasteiger partial charge is 0.516 e. The van der Waals surface area contributed by atoms with Crippen molar-refractivity contribution >= 4 is 0 Å². The SMILES string of the molecule is CC(C)(O)O[C@H]1CO[C@](/C=C/O)(CO)[C@H]1OCc1ccccc1. The van der Waals surface area contributed by atoms with Crippen LogP contribution >= 0.6 is 0 Å². The lowest BCUT2D eigenvalue weighted by atomic mass is 9.96. The normalized spacial score (nSPS) is 28.5. The van der Waals surface area contributed by atoms with E-state index in [1.807, 2.05) is 30.3 Å². The van der Waals surface area contributed by atoms with Crippen LogP contribution in [0.1, 0.15) is 19.4 Å². The Morgan fingerprint density at radius 1 is 1.35 bits per heavy atom. The molecule has 2 rings (SSSR count). The molecular formula is C17H24O6. The molecule has 0 amide bonds. The number of aliphatic hydroxyl groups is 3. The molecule has 128 valence electrons. The molecule has 1 aliphatic heterocycles. The minimum atomic E-state index is -1.36. The van der Waals surface area contributed by atoms with E-state index in [-0.39, 0.29) is 13.2 Å². The first-order valence-electron chi connectivity index (χ1n) is 7.53. The molecule has 0 spiro atoms. The smallest absolute Gasteiger partial charge is 0.160 e. The second-order valence-electron chi connectivity index (χ2n) is 6.06. The third-order valence-corrected chi connectivity index (χ3v) is 3.65. The Morgan fingerprint density at radius 2 is 2.04 bits per heavy atom. The van der Waals surface area contributed by atoms with Gasteiger partial charge >= 0.3 is 0 Å². The van der Waals surface area contributed by atoms with Gasteiger partial charge in [0, 0.05) is 0 Å². The van der Waals surface area contributed by atoms with Crippen LogP contribution in [0.25, 0.3) is 0 Å². The van der Waals surface area contributed by atoms with Gasteiger partial charge in [0.1, 0.15) is 17.8 Å². The molecule has 1 aromatic carbocycles. The highest BCUT2D eigenvalue weighted by Gasteiger charge is 2.51. The van der Waals surface area contributed by atoms with Gasteiger partial charge in [0.05, 0.1) is 26.1 Å². The van der Waals surface area contributed by atoms with Crippen LogP contribution in [0.2, 0.25) is 0 Å². The molecule has 1 fully saturated rings. The lowest BCUT2D eigenvalue weighted by molar-refractivity contribution is -0.225. The van der Waals surface area contributed by atoms with Crippen LogP contribution in [-0.2, 0) is 20.8 Å². The lowest BCUT2D eigenvalue weighted by Gasteiger charge is -2.33. The van der Waals surface area contributed by atoms with Gasteiger partial charge in [-0.3, -0.25) is 0 Å². The predicted molar refractivity (Wildman–Crippen MR) is 83.7 cm³/mol. The average Bonchev–Trinajstić information content (AvgIpc) is 2.83. The molecule has 0 bridgehead atoms. The van der Waals surface area contributed by atoms with Crippen LogP contribution in [0.5, 0.6) is 0 Å². The molecule has 0 radical (unpaired) electrons. The molecule has 0 saturated carbocycles. The molecule has 1 aliphatic rings. The van der Waals surface area contributed by atoms with Gasteiger partial charge in [0.2, 0.25) is 0 Å². The summed E-state index contributed by atoms with van der Waals surface area (Å²) in [7, 11) is 0. The summed E-state index contributed by atoms with van der Waals surface area (Å²) in [5.74, 6) is -1.36. The van der Waals surface area contributed by atoms with Crippen LogP contribution in [0, 0.1) is 0 Å². The number of hydrogen-bond acceptors (Lipinski definition) is 6. The fourth-order valence-corrected chi connectivity index (χ4v) is 2.65. The van der Waals surface area contributed by atoms with E-state index < -0.39 is 23.6 Å². The lowest BCUT2D eigenvalue weighted by Crippen LogP contribution is -2.48. The summed E-state index contributed by atoms with van der Waals surface area (Å²) in [6.45, 7) is 3.08. The second-order valence-corrected chi connectivity index (χ2v) is 6.06. The van der Waals surface area contributed by atoms with E-state index in [2.05, 4.69) is 0 Å². The highest BCUT2D eigenvalue weighted by molar-refractivity contribution is 5.15. The van der Waals surface area contributed by atoms with E-state index >= 15 is 0 Å². The number of aliphatic hydroxyl groups excluding tert-OH is 2.